The highest BCUT2D eigenvalue weighted by atomic mass is 16.5. The molecule has 1 aliphatic carbocycles. The van der Waals surface area contributed by atoms with Gasteiger partial charge in [-0.1, -0.05) is 26.7 Å². The molecule has 0 aromatic heterocycles. The molecule has 0 aromatic carbocycles. The monoisotopic (exact) mass is 340 g/mol. The predicted molar refractivity (Wildman–Crippen MR) is 91.7 cm³/mol. The van der Waals surface area contributed by atoms with Gasteiger partial charge in [-0.2, -0.15) is 0 Å². The van der Waals surface area contributed by atoms with Crippen LogP contribution in [0.1, 0.15) is 52.4 Å². The van der Waals surface area contributed by atoms with Crippen LogP contribution < -0.4 is 5.32 Å². The Bertz CT molecular complexity index is 413. The molecule has 1 heterocycles. The highest BCUT2D eigenvalue weighted by Crippen LogP contribution is 2.26. The lowest BCUT2D eigenvalue weighted by atomic mass is 10.0. The number of hydrogen-bond acceptors (Lipinski definition) is 4. The quantitative estimate of drug-likeness (QED) is 0.807. The first-order valence-electron chi connectivity index (χ1n) is 9.26. The lowest BCUT2D eigenvalue weighted by molar-refractivity contribution is -0.137. The first kappa shape index (κ1) is 19.0. The molecule has 2 amide bonds. The number of nitrogens with one attached hydrogen (secondary N) is 1. The van der Waals surface area contributed by atoms with Gasteiger partial charge in [0.25, 0.3) is 0 Å². The Labute approximate surface area is 145 Å². The molecule has 138 valence electrons. The van der Waals surface area contributed by atoms with Crippen LogP contribution in [0.5, 0.6) is 0 Å². The molecule has 1 aliphatic heterocycles. The molecule has 0 bridgehead atoms. The van der Waals surface area contributed by atoms with Crippen molar-refractivity contribution in [3.05, 3.63) is 0 Å². The van der Waals surface area contributed by atoms with Crippen molar-refractivity contribution >= 4 is 12.0 Å². The second-order valence-corrected chi connectivity index (χ2v) is 7.37. The number of piperidine rings is 1. The third-order valence-corrected chi connectivity index (χ3v) is 5.19. The Hall–Kier alpha value is -1.30. The van der Waals surface area contributed by atoms with Crippen LogP contribution in [-0.4, -0.2) is 55.9 Å². The molecule has 1 atom stereocenters. The Morgan fingerprint density at radius 2 is 1.75 bits per heavy atom. The number of likely N-dealkylation sites (tertiary alicyclic amines) is 1. The zero-order valence-electron chi connectivity index (χ0n) is 15.3. The zero-order chi connectivity index (χ0) is 17.5. The Balaban J connectivity index is 1.76. The summed E-state index contributed by atoms with van der Waals surface area (Å²) in [5, 5.41) is 2.65. The largest absolute Gasteiger partial charge is 0.453 e. The lowest BCUT2D eigenvalue weighted by Crippen LogP contribution is -2.53. The minimum Gasteiger partial charge on any atom is -0.453 e. The summed E-state index contributed by atoms with van der Waals surface area (Å²) in [5.74, 6) is 0.733. The molecule has 0 radical (unpaired) electrons. The summed E-state index contributed by atoms with van der Waals surface area (Å²) in [7, 11) is 1.31. The van der Waals surface area contributed by atoms with Crippen molar-refractivity contribution in [1.82, 2.24) is 10.2 Å². The van der Waals surface area contributed by atoms with Crippen molar-refractivity contribution in [2.24, 2.45) is 11.8 Å². The highest BCUT2D eigenvalue weighted by Gasteiger charge is 2.31. The Kier molecular flexibility index (Phi) is 7.34. The summed E-state index contributed by atoms with van der Waals surface area (Å²) in [6.07, 6.45) is 6.73. The maximum atomic E-state index is 12.7. The average molecular weight is 340 g/mol. The molecule has 2 rings (SSSR count). The number of amides is 2. The Morgan fingerprint density at radius 1 is 1.12 bits per heavy atom. The van der Waals surface area contributed by atoms with Crippen molar-refractivity contribution in [2.45, 2.75) is 64.5 Å². The fourth-order valence-electron chi connectivity index (χ4n) is 3.59. The number of methoxy groups -OCH3 is 1. The number of carbonyl (C=O) groups excluding carboxylic acids is 2. The van der Waals surface area contributed by atoms with Crippen LogP contribution in [0.2, 0.25) is 0 Å². The number of ether oxygens (including phenoxy) is 2. The van der Waals surface area contributed by atoms with E-state index in [1.165, 1.54) is 32.8 Å². The van der Waals surface area contributed by atoms with E-state index in [2.05, 4.69) is 10.1 Å². The summed E-state index contributed by atoms with van der Waals surface area (Å²) in [4.78, 5) is 26.0. The second-order valence-electron chi connectivity index (χ2n) is 7.37. The van der Waals surface area contributed by atoms with Crippen LogP contribution in [0.4, 0.5) is 4.79 Å². The van der Waals surface area contributed by atoms with E-state index in [4.69, 9.17) is 4.74 Å². The summed E-state index contributed by atoms with van der Waals surface area (Å²) < 4.78 is 10.7. The molecule has 24 heavy (non-hydrogen) atoms. The maximum Gasteiger partial charge on any atom is 0.407 e. The van der Waals surface area contributed by atoms with E-state index in [1.807, 2.05) is 18.7 Å². The van der Waals surface area contributed by atoms with E-state index < -0.39 is 12.1 Å². The third kappa shape index (κ3) is 5.36. The minimum absolute atomic E-state index is 0.0212. The van der Waals surface area contributed by atoms with Crippen molar-refractivity contribution in [1.29, 1.82) is 0 Å². The van der Waals surface area contributed by atoms with Gasteiger partial charge in [-0.25, -0.2) is 4.79 Å². The van der Waals surface area contributed by atoms with Crippen molar-refractivity contribution in [2.75, 3.05) is 26.8 Å². The van der Waals surface area contributed by atoms with Crippen LogP contribution in [0.3, 0.4) is 0 Å². The molecule has 1 N–H and O–H groups in total. The van der Waals surface area contributed by atoms with Gasteiger partial charge in [0, 0.05) is 19.7 Å². The van der Waals surface area contributed by atoms with E-state index in [0.717, 1.165) is 25.4 Å². The zero-order valence-corrected chi connectivity index (χ0v) is 15.3. The number of nitrogens with zero attached hydrogens (tertiary/aromatic N) is 1. The van der Waals surface area contributed by atoms with Crippen molar-refractivity contribution in [3.63, 3.8) is 0 Å². The summed E-state index contributed by atoms with van der Waals surface area (Å²) >= 11 is 0. The normalized spacial score (nSPS) is 21.1. The molecule has 0 aromatic rings. The van der Waals surface area contributed by atoms with Crippen LogP contribution in [0, 0.1) is 11.8 Å². The fourth-order valence-corrected chi connectivity index (χ4v) is 3.59. The van der Waals surface area contributed by atoms with Gasteiger partial charge < -0.3 is 19.7 Å². The molecule has 2 fully saturated rings. The van der Waals surface area contributed by atoms with Gasteiger partial charge in [-0.3, -0.25) is 4.79 Å². The van der Waals surface area contributed by atoms with E-state index in [1.54, 1.807) is 0 Å². The summed E-state index contributed by atoms with van der Waals surface area (Å²) in [5.41, 5.74) is 0. The Morgan fingerprint density at radius 3 is 2.29 bits per heavy atom. The first-order valence-corrected chi connectivity index (χ1v) is 9.26. The number of carbonyl (C=O) groups is 2. The first-order chi connectivity index (χ1) is 11.5. The molecule has 0 unspecified atom stereocenters. The van der Waals surface area contributed by atoms with Gasteiger partial charge in [0.2, 0.25) is 5.91 Å². The molecule has 1 saturated carbocycles. The number of alkyl carbamates (subject to hydrolysis) is 1. The van der Waals surface area contributed by atoms with Gasteiger partial charge in [-0.05, 0) is 37.5 Å². The van der Waals surface area contributed by atoms with E-state index in [-0.39, 0.29) is 17.9 Å². The van der Waals surface area contributed by atoms with Crippen LogP contribution in [0.15, 0.2) is 0 Å². The van der Waals surface area contributed by atoms with Gasteiger partial charge >= 0.3 is 6.09 Å². The summed E-state index contributed by atoms with van der Waals surface area (Å²) in [6, 6.07) is -0.534. The SMILES string of the molecule is COC(=O)N[C@H](C(=O)N1CCC(OCC2CCCC2)CC1)C(C)C. The molecule has 2 aliphatic rings. The molecule has 6 heteroatoms. The van der Waals surface area contributed by atoms with E-state index in [0.29, 0.717) is 13.1 Å². The molecule has 6 nitrogen and oxygen atoms in total. The van der Waals surface area contributed by atoms with Gasteiger partial charge in [0.1, 0.15) is 6.04 Å². The van der Waals surface area contributed by atoms with E-state index >= 15 is 0 Å². The topological polar surface area (TPSA) is 67.9 Å². The summed E-state index contributed by atoms with van der Waals surface area (Å²) in [6.45, 7) is 6.11. The van der Waals surface area contributed by atoms with Crippen molar-refractivity contribution < 1.29 is 19.1 Å². The number of rotatable bonds is 6. The third-order valence-electron chi connectivity index (χ3n) is 5.19. The molecular weight excluding hydrogens is 308 g/mol. The predicted octanol–water partition coefficient (Wildman–Crippen LogP) is 2.56. The number of hydrogen-bond donors (Lipinski definition) is 1. The van der Waals surface area contributed by atoms with Crippen LogP contribution in [0.25, 0.3) is 0 Å². The smallest absolute Gasteiger partial charge is 0.407 e. The van der Waals surface area contributed by atoms with Crippen LogP contribution in [-0.2, 0) is 14.3 Å². The standard InChI is InChI=1S/C18H32N2O4/c1-13(2)16(19-18(22)23-3)17(21)20-10-8-15(9-11-20)24-12-14-6-4-5-7-14/h13-16H,4-12H2,1-3H3,(H,19,22)/t16-/m0/s1. The fraction of sp³-hybridized carbons (Fsp3) is 0.889. The second kappa shape index (κ2) is 9.25. The van der Waals surface area contributed by atoms with Crippen LogP contribution >= 0.6 is 0 Å². The van der Waals surface area contributed by atoms with Gasteiger partial charge in [-0.15, -0.1) is 0 Å². The maximum absolute atomic E-state index is 12.7. The molecule has 1 saturated heterocycles. The van der Waals surface area contributed by atoms with Gasteiger partial charge in [0.15, 0.2) is 0 Å². The molecular formula is C18H32N2O4. The lowest BCUT2D eigenvalue weighted by Gasteiger charge is -2.35. The van der Waals surface area contributed by atoms with Gasteiger partial charge in [0.05, 0.1) is 13.2 Å². The minimum atomic E-state index is -0.558. The highest BCUT2D eigenvalue weighted by molar-refractivity contribution is 5.86. The average Bonchev–Trinajstić information content (AvgIpc) is 3.10. The van der Waals surface area contributed by atoms with E-state index in [9.17, 15) is 9.59 Å². The molecule has 0 spiro atoms. The van der Waals surface area contributed by atoms with Crippen molar-refractivity contribution in [3.8, 4) is 0 Å².